The van der Waals surface area contributed by atoms with E-state index in [4.69, 9.17) is 9.37 Å². The first-order valence-corrected chi connectivity index (χ1v) is 23.3. The van der Waals surface area contributed by atoms with Crippen LogP contribution in [0.25, 0.3) is 0 Å². The van der Waals surface area contributed by atoms with E-state index < -0.39 is 14.7 Å². The van der Waals surface area contributed by atoms with Gasteiger partial charge in [0.15, 0.2) is 0 Å². The van der Waals surface area contributed by atoms with Gasteiger partial charge in [0.05, 0.1) is 0 Å². The zero-order chi connectivity index (χ0) is 28.4. The van der Waals surface area contributed by atoms with E-state index in [-0.39, 0.29) is 0 Å². The molecule has 0 aromatic rings. The van der Waals surface area contributed by atoms with Gasteiger partial charge < -0.3 is 0 Å². The van der Waals surface area contributed by atoms with E-state index in [1.807, 2.05) is 0 Å². The molecule has 9 nitrogen and oxygen atoms in total. The standard InChI is InChI=1S/C30H62N9P3/c1-7-19-34(20-8-1)41(35-21-9-2-10-22-35,36-23-11-3-12-24-36)31-40-32-42(33-41,37-25-13-4-14-26-37,38-27-15-5-16-28-38)39-29-17-6-18-30-39/h33H,1-30H2,(H,31,32). The summed E-state index contributed by atoms with van der Waals surface area (Å²) in [6.07, 6.45) is 24.3. The van der Waals surface area contributed by atoms with Gasteiger partial charge in [0, 0.05) is 0 Å². The quantitative estimate of drug-likeness (QED) is 0.291. The number of nitrogens with zero attached hydrogens (tertiary/aromatic N) is 7. The zero-order valence-corrected chi connectivity index (χ0v) is 29.4. The number of rotatable bonds is 6. The summed E-state index contributed by atoms with van der Waals surface area (Å²) < 4.78 is 24.6. The number of hydrogen-bond donors (Lipinski definition) is 2. The summed E-state index contributed by atoms with van der Waals surface area (Å²) >= 11 is 0. The van der Waals surface area contributed by atoms with Crippen molar-refractivity contribution in [2.75, 3.05) is 78.5 Å². The van der Waals surface area contributed by atoms with E-state index in [2.05, 4.69) is 32.9 Å². The van der Waals surface area contributed by atoms with Gasteiger partial charge in [0.25, 0.3) is 0 Å². The Bertz CT molecular complexity index is 836. The van der Waals surface area contributed by atoms with Crippen molar-refractivity contribution in [1.29, 1.82) is 0 Å². The number of nitrogens with one attached hydrogen (secondary N) is 2. The van der Waals surface area contributed by atoms with Crippen LogP contribution < -0.4 is 9.72 Å². The molecule has 6 saturated heterocycles. The van der Waals surface area contributed by atoms with Crippen LogP contribution >= 0.6 is 23.2 Å². The van der Waals surface area contributed by atoms with Crippen molar-refractivity contribution in [3.63, 3.8) is 0 Å². The topological polar surface area (TPSA) is 55.9 Å². The average Bonchev–Trinajstić information content (AvgIpc) is 3.11. The fourth-order valence-corrected chi connectivity index (χ4v) is 29.7. The van der Waals surface area contributed by atoms with E-state index in [1.54, 1.807) is 0 Å². The van der Waals surface area contributed by atoms with Crippen LogP contribution in [0, 0.1) is 0 Å². The fraction of sp³-hybridized carbons (Fsp3) is 1.00. The van der Waals surface area contributed by atoms with Crippen molar-refractivity contribution < 1.29 is 0 Å². The van der Waals surface area contributed by atoms with E-state index in [9.17, 15) is 0 Å². The van der Waals surface area contributed by atoms with Crippen molar-refractivity contribution in [3.8, 4) is 0 Å². The molecular formula is C30H62N9P3. The van der Waals surface area contributed by atoms with Crippen molar-refractivity contribution in [2.24, 2.45) is 4.52 Å². The molecule has 0 aliphatic carbocycles. The predicted molar refractivity (Wildman–Crippen MR) is 182 cm³/mol. The van der Waals surface area contributed by atoms with Gasteiger partial charge in [-0.3, -0.25) is 0 Å². The molecule has 0 bridgehead atoms. The summed E-state index contributed by atoms with van der Waals surface area (Å²) in [4.78, 5) is 9.67. The third kappa shape index (κ3) is 4.86. The molecule has 0 aromatic heterocycles. The molecule has 0 aromatic carbocycles. The maximum atomic E-state index is 6.20. The molecule has 2 N–H and O–H groups in total. The first-order chi connectivity index (χ1) is 20.7. The number of piperidine rings is 6. The predicted octanol–water partition coefficient (Wildman–Crippen LogP) is 7.40. The molecule has 0 atom stereocenters. The van der Waals surface area contributed by atoms with Gasteiger partial charge in [-0.05, 0) is 0 Å². The van der Waals surface area contributed by atoms with Crippen molar-refractivity contribution >= 4 is 23.2 Å². The first kappa shape index (κ1) is 31.3. The van der Waals surface area contributed by atoms with Crippen LogP contribution in [0.1, 0.15) is 116 Å². The summed E-state index contributed by atoms with van der Waals surface area (Å²) in [5.41, 5.74) is 0. The van der Waals surface area contributed by atoms with Crippen LogP contribution in [0.15, 0.2) is 4.52 Å². The second kappa shape index (κ2) is 13.0. The molecule has 0 saturated carbocycles. The fourth-order valence-electron chi connectivity index (χ4n) is 9.87. The monoisotopic (exact) mass is 641 g/mol. The molecule has 12 heteroatoms. The molecule has 0 radical (unpaired) electrons. The van der Waals surface area contributed by atoms with Crippen molar-refractivity contribution in [2.45, 2.75) is 116 Å². The van der Waals surface area contributed by atoms with E-state index in [0.29, 0.717) is 0 Å². The zero-order valence-electron chi connectivity index (χ0n) is 26.7. The maximum absolute atomic E-state index is 6.20. The van der Waals surface area contributed by atoms with Crippen LogP contribution in [0.2, 0.25) is 0 Å². The molecule has 0 amide bonds. The van der Waals surface area contributed by atoms with Crippen LogP contribution in [-0.2, 0) is 0 Å². The Balaban J connectivity index is 1.50. The Morgan fingerprint density at radius 2 is 0.619 bits per heavy atom. The Morgan fingerprint density at radius 3 is 0.905 bits per heavy atom. The molecule has 7 aliphatic rings. The van der Waals surface area contributed by atoms with Gasteiger partial charge in [0.2, 0.25) is 0 Å². The average molecular weight is 642 g/mol. The summed E-state index contributed by atoms with van der Waals surface area (Å²) in [6, 6.07) is 0. The molecular weight excluding hydrogens is 579 g/mol. The second-order valence-corrected chi connectivity index (χ2v) is 24.1. The molecule has 6 fully saturated rings. The minimum atomic E-state index is -3.30. The van der Waals surface area contributed by atoms with Crippen molar-refractivity contribution in [3.05, 3.63) is 0 Å². The summed E-state index contributed by atoms with van der Waals surface area (Å²) in [5, 5.41) is 0. The third-order valence-corrected chi connectivity index (χ3v) is 27.1. The van der Waals surface area contributed by atoms with Gasteiger partial charge in [-0.25, -0.2) is 0 Å². The van der Waals surface area contributed by atoms with Crippen LogP contribution in [0.5, 0.6) is 0 Å². The van der Waals surface area contributed by atoms with Gasteiger partial charge >= 0.3 is 260 Å². The van der Waals surface area contributed by atoms with Crippen LogP contribution in [0.4, 0.5) is 0 Å². The Hall–Kier alpha value is 0.640. The second-order valence-electron chi connectivity index (χ2n) is 14.4. The molecule has 7 heterocycles. The molecule has 42 heavy (non-hydrogen) atoms. The van der Waals surface area contributed by atoms with Gasteiger partial charge in [-0.15, -0.1) is 0 Å². The minimum absolute atomic E-state index is 1.16. The molecule has 7 rings (SSSR count). The van der Waals surface area contributed by atoms with Crippen molar-refractivity contribution in [1.82, 2.24) is 37.7 Å². The van der Waals surface area contributed by atoms with Crippen LogP contribution in [0.3, 0.4) is 0 Å². The Morgan fingerprint density at radius 1 is 0.357 bits per heavy atom. The summed E-state index contributed by atoms with van der Waals surface area (Å²) in [5.74, 6) is 0. The first-order valence-electron chi connectivity index (χ1n) is 18.3. The van der Waals surface area contributed by atoms with Gasteiger partial charge in [-0.2, -0.15) is 0 Å². The van der Waals surface area contributed by atoms with E-state index in [1.165, 1.54) is 194 Å². The summed E-state index contributed by atoms with van der Waals surface area (Å²) in [6.45, 7) is 14.6. The van der Waals surface area contributed by atoms with E-state index >= 15 is 0 Å². The Kier molecular flexibility index (Phi) is 9.70. The van der Waals surface area contributed by atoms with Gasteiger partial charge in [-0.1, -0.05) is 0 Å². The van der Waals surface area contributed by atoms with Crippen LogP contribution in [-0.4, -0.2) is 107 Å². The van der Waals surface area contributed by atoms with Gasteiger partial charge in [0.1, 0.15) is 0 Å². The third-order valence-electron chi connectivity index (χ3n) is 12.0. The summed E-state index contributed by atoms with van der Waals surface area (Å²) in [7, 11) is -5.34. The molecule has 0 unspecified atom stereocenters. The number of hydrogen-bond acceptors (Lipinski definition) is 9. The Labute approximate surface area is 259 Å². The van der Waals surface area contributed by atoms with E-state index in [0.717, 1.165) is 8.52 Å². The molecule has 0 spiro atoms. The SMILES string of the molecule is C1CCN(P2(N3CCCCC3)(N3CCCCC3)N=PNP(N3CCCCC3)(N3CCCCC3)(N3CCCCC3)N2)CC1. The molecule has 242 valence electrons. The molecule has 7 aliphatic heterocycles. The normalized spacial score (nSPS) is 36.7.